The van der Waals surface area contributed by atoms with E-state index in [1.54, 1.807) is 6.07 Å². The lowest BCUT2D eigenvalue weighted by molar-refractivity contribution is -0.138. The van der Waals surface area contributed by atoms with E-state index in [0.717, 1.165) is 28.2 Å². The molecule has 1 fully saturated rings. The van der Waals surface area contributed by atoms with Crippen LogP contribution in [-0.2, 0) is 17.5 Å². The highest BCUT2D eigenvalue weighted by atomic mass is 19.4. The summed E-state index contributed by atoms with van der Waals surface area (Å²) in [6, 6.07) is 11.5. The van der Waals surface area contributed by atoms with Crippen LogP contribution in [0.25, 0.3) is 10.9 Å². The van der Waals surface area contributed by atoms with E-state index in [-0.39, 0.29) is 17.4 Å². The predicted molar refractivity (Wildman–Crippen MR) is 102 cm³/mol. The van der Waals surface area contributed by atoms with Crippen LogP contribution in [0.4, 0.5) is 13.2 Å². The van der Waals surface area contributed by atoms with Gasteiger partial charge < -0.3 is 10.3 Å². The number of hydrogen-bond acceptors (Lipinski definition) is 1. The van der Waals surface area contributed by atoms with Gasteiger partial charge in [-0.1, -0.05) is 24.3 Å². The van der Waals surface area contributed by atoms with E-state index in [1.165, 1.54) is 17.7 Å². The zero-order valence-corrected chi connectivity index (χ0v) is 15.7. The molecule has 28 heavy (non-hydrogen) atoms. The number of rotatable bonds is 4. The molecule has 3 nitrogen and oxygen atoms in total. The number of halogens is 3. The first-order chi connectivity index (χ1) is 13.3. The van der Waals surface area contributed by atoms with Crippen LogP contribution in [-0.4, -0.2) is 10.9 Å². The van der Waals surface area contributed by atoms with Crippen molar-refractivity contribution < 1.29 is 18.0 Å². The van der Waals surface area contributed by atoms with E-state index in [4.69, 9.17) is 0 Å². The number of benzene rings is 2. The molecule has 1 aliphatic carbocycles. The molecule has 1 amide bonds. The zero-order chi connectivity index (χ0) is 20.1. The minimum atomic E-state index is -4.40. The molecule has 0 aliphatic heterocycles. The molecule has 0 unspecified atom stereocenters. The number of hydrogen-bond donors (Lipinski definition) is 2. The van der Waals surface area contributed by atoms with E-state index in [0.29, 0.717) is 13.0 Å². The molecule has 2 N–H and O–H groups in total. The zero-order valence-electron chi connectivity index (χ0n) is 15.7. The number of H-pyrrole nitrogens is 1. The third-order valence-electron chi connectivity index (χ3n) is 5.63. The van der Waals surface area contributed by atoms with Crippen LogP contribution in [0.5, 0.6) is 0 Å². The maximum atomic E-state index is 13.2. The second-order valence-corrected chi connectivity index (χ2v) is 7.51. The minimum Gasteiger partial charge on any atom is -0.358 e. The van der Waals surface area contributed by atoms with Crippen molar-refractivity contribution in [2.24, 2.45) is 5.92 Å². The number of fused-ring (bicyclic) bond motifs is 1. The largest absolute Gasteiger partial charge is 0.416 e. The van der Waals surface area contributed by atoms with Gasteiger partial charge in [0.25, 0.3) is 0 Å². The van der Waals surface area contributed by atoms with Crippen molar-refractivity contribution in [3.63, 3.8) is 0 Å². The first-order valence-electron chi connectivity index (χ1n) is 9.27. The fourth-order valence-electron chi connectivity index (χ4n) is 3.85. The molecule has 0 spiro atoms. The van der Waals surface area contributed by atoms with E-state index >= 15 is 0 Å². The summed E-state index contributed by atoms with van der Waals surface area (Å²) in [5, 5.41) is 4.00. The van der Waals surface area contributed by atoms with Crippen LogP contribution in [0.1, 0.15) is 40.3 Å². The Morgan fingerprint density at radius 2 is 1.93 bits per heavy atom. The van der Waals surface area contributed by atoms with Crippen LogP contribution in [0, 0.1) is 19.8 Å². The Bertz CT molecular complexity index is 1050. The number of carbonyl (C=O) groups excluding carboxylic acids is 1. The molecular weight excluding hydrogens is 365 g/mol. The van der Waals surface area contributed by atoms with Gasteiger partial charge >= 0.3 is 6.18 Å². The standard InChI is InChI=1S/C22H21F3N2O/c1-12-13(2)27-20-8-7-14(9-16(12)20)11-26-21(28)18-10-17(18)15-5-3-4-6-19(15)22(23,24)25/h3-9,17-18,27H,10-11H2,1-2H3,(H,26,28)/t17-,18-/m1/s1. The summed E-state index contributed by atoms with van der Waals surface area (Å²) in [5.74, 6) is -0.956. The monoisotopic (exact) mass is 386 g/mol. The molecule has 0 bridgehead atoms. The maximum Gasteiger partial charge on any atom is 0.416 e. The summed E-state index contributed by atoms with van der Waals surface area (Å²) in [6.07, 6.45) is -3.95. The van der Waals surface area contributed by atoms with Crippen LogP contribution in [0.3, 0.4) is 0 Å². The van der Waals surface area contributed by atoms with E-state index in [9.17, 15) is 18.0 Å². The molecule has 2 aromatic carbocycles. The van der Waals surface area contributed by atoms with Gasteiger partial charge in [-0.3, -0.25) is 4.79 Å². The lowest BCUT2D eigenvalue weighted by atomic mass is 10.0. The third-order valence-corrected chi connectivity index (χ3v) is 5.63. The van der Waals surface area contributed by atoms with E-state index in [2.05, 4.69) is 10.3 Å². The first-order valence-corrected chi connectivity index (χ1v) is 9.27. The summed E-state index contributed by atoms with van der Waals surface area (Å²) < 4.78 is 39.6. The average molecular weight is 386 g/mol. The van der Waals surface area contributed by atoms with Gasteiger partial charge in [-0.15, -0.1) is 0 Å². The quantitative estimate of drug-likeness (QED) is 0.634. The molecule has 146 valence electrons. The molecule has 4 rings (SSSR count). The molecule has 1 saturated carbocycles. The van der Waals surface area contributed by atoms with Gasteiger partial charge in [0.1, 0.15) is 0 Å². The normalized spacial score (nSPS) is 19.0. The second-order valence-electron chi connectivity index (χ2n) is 7.51. The summed E-state index contributed by atoms with van der Waals surface area (Å²) in [4.78, 5) is 15.8. The number of amides is 1. The fraction of sp³-hybridized carbons (Fsp3) is 0.318. The molecule has 1 heterocycles. The van der Waals surface area contributed by atoms with Crippen molar-refractivity contribution in [2.75, 3.05) is 0 Å². The van der Waals surface area contributed by atoms with E-state index < -0.39 is 17.7 Å². The maximum absolute atomic E-state index is 13.2. The lowest BCUT2D eigenvalue weighted by Crippen LogP contribution is -2.25. The molecular formula is C22H21F3N2O. The van der Waals surface area contributed by atoms with Crippen molar-refractivity contribution >= 4 is 16.8 Å². The minimum absolute atomic E-state index is 0.191. The highest BCUT2D eigenvalue weighted by molar-refractivity contribution is 5.86. The van der Waals surface area contributed by atoms with Crippen molar-refractivity contribution in [3.8, 4) is 0 Å². The van der Waals surface area contributed by atoms with Crippen LogP contribution in [0.2, 0.25) is 0 Å². The van der Waals surface area contributed by atoms with Gasteiger partial charge in [-0.25, -0.2) is 0 Å². The molecule has 0 saturated heterocycles. The van der Waals surface area contributed by atoms with Gasteiger partial charge in [0.2, 0.25) is 5.91 Å². The van der Waals surface area contributed by atoms with Gasteiger partial charge in [0.15, 0.2) is 0 Å². The Balaban J connectivity index is 1.43. The molecule has 1 aromatic heterocycles. The Morgan fingerprint density at radius 1 is 1.18 bits per heavy atom. The highest BCUT2D eigenvalue weighted by Crippen LogP contribution is 2.51. The number of alkyl halides is 3. The predicted octanol–water partition coefficient (Wildman–Crippen LogP) is 5.22. The fourth-order valence-corrected chi connectivity index (χ4v) is 3.85. The highest BCUT2D eigenvalue weighted by Gasteiger charge is 2.47. The molecule has 0 radical (unpaired) electrons. The van der Waals surface area contributed by atoms with Gasteiger partial charge in [0.05, 0.1) is 5.56 Å². The van der Waals surface area contributed by atoms with Crippen LogP contribution in [0.15, 0.2) is 42.5 Å². The summed E-state index contributed by atoms with van der Waals surface area (Å²) in [6.45, 7) is 4.43. The SMILES string of the molecule is Cc1[nH]c2ccc(CNC(=O)[C@@H]3C[C@@H]3c3ccccc3C(F)(F)F)cc2c1C. The Labute approximate surface area is 161 Å². The number of carbonyl (C=O) groups is 1. The van der Waals surface area contributed by atoms with Gasteiger partial charge in [-0.05, 0) is 61.1 Å². The summed E-state index contributed by atoms with van der Waals surface area (Å²) in [7, 11) is 0. The number of nitrogens with one attached hydrogen (secondary N) is 2. The van der Waals surface area contributed by atoms with Crippen molar-refractivity contribution in [1.29, 1.82) is 0 Å². The molecule has 6 heteroatoms. The van der Waals surface area contributed by atoms with Crippen LogP contribution >= 0.6 is 0 Å². The van der Waals surface area contributed by atoms with Crippen molar-refractivity contribution in [2.45, 2.75) is 38.9 Å². The number of aromatic nitrogens is 1. The average Bonchev–Trinajstić information content (AvgIpc) is 3.41. The molecule has 1 aliphatic rings. The smallest absolute Gasteiger partial charge is 0.358 e. The third kappa shape index (κ3) is 3.39. The van der Waals surface area contributed by atoms with Gasteiger partial charge in [0, 0.05) is 29.1 Å². The number of aromatic amines is 1. The van der Waals surface area contributed by atoms with Crippen LogP contribution < -0.4 is 5.32 Å². The Morgan fingerprint density at radius 3 is 2.68 bits per heavy atom. The second kappa shape index (κ2) is 6.69. The lowest BCUT2D eigenvalue weighted by Gasteiger charge is -2.12. The first kappa shape index (κ1) is 18.6. The van der Waals surface area contributed by atoms with Gasteiger partial charge in [-0.2, -0.15) is 13.2 Å². The summed E-state index contributed by atoms with van der Waals surface area (Å²) >= 11 is 0. The van der Waals surface area contributed by atoms with Crippen molar-refractivity contribution in [1.82, 2.24) is 10.3 Å². The van der Waals surface area contributed by atoms with E-state index in [1.807, 2.05) is 32.0 Å². The Hall–Kier alpha value is -2.76. The van der Waals surface area contributed by atoms with Crippen molar-refractivity contribution in [3.05, 3.63) is 70.4 Å². The summed E-state index contributed by atoms with van der Waals surface area (Å²) in [5.41, 5.74) is 3.88. The molecule has 3 aromatic rings. The Kier molecular flexibility index (Phi) is 4.44. The number of aryl methyl sites for hydroxylation is 2. The molecule has 2 atom stereocenters. The topological polar surface area (TPSA) is 44.9 Å².